The number of esters is 1. The standard InChI is InChI=1S/C9H13N3O2/c1-3-14-9(13)7-4-6(10)5-12-8(7)11-2/h4-5H,3,10H2,1-2H3,(H,11,12). The van der Waals surface area contributed by atoms with Gasteiger partial charge in [-0.1, -0.05) is 0 Å². The maximum absolute atomic E-state index is 11.4. The van der Waals surface area contributed by atoms with Crippen molar-refractivity contribution in [2.75, 3.05) is 24.7 Å². The van der Waals surface area contributed by atoms with Gasteiger partial charge < -0.3 is 15.8 Å². The average Bonchev–Trinajstić information content (AvgIpc) is 2.18. The second-order valence-electron chi connectivity index (χ2n) is 2.64. The first kappa shape index (κ1) is 10.3. The molecule has 1 rings (SSSR count). The van der Waals surface area contributed by atoms with E-state index in [0.29, 0.717) is 23.7 Å². The molecule has 5 nitrogen and oxygen atoms in total. The van der Waals surface area contributed by atoms with E-state index < -0.39 is 5.97 Å². The minimum absolute atomic E-state index is 0.330. The normalized spacial score (nSPS) is 9.57. The first-order valence-corrected chi connectivity index (χ1v) is 4.29. The molecule has 3 N–H and O–H groups in total. The molecule has 76 valence electrons. The molecule has 0 fully saturated rings. The number of hydrogen-bond acceptors (Lipinski definition) is 5. The van der Waals surface area contributed by atoms with Gasteiger partial charge in [0.25, 0.3) is 0 Å². The maximum atomic E-state index is 11.4. The number of nitrogens with two attached hydrogens (primary N) is 1. The summed E-state index contributed by atoms with van der Waals surface area (Å²) in [5.41, 5.74) is 6.31. The van der Waals surface area contributed by atoms with Crippen molar-refractivity contribution >= 4 is 17.5 Å². The van der Waals surface area contributed by atoms with Crippen LogP contribution in [-0.4, -0.2) is 24.6 Å². The molecule has 0 unspecified atom stereocenters. The third-order valence-corrected chi connectivity index (χ3v) is 1.64. The largest absolute Gasteiger partial charge is 0.462 e. The Morgan fingerprint density at radius 1 is 1.71 bits per heavy atom. The van der Waals surface area contributed by atoms with Crippen LogP contribution in [0.1, 0.15) is 17.3 Å². The Labute approximate surface area is 82.3 Å². The summed E-state index contributed by atoms with van der Waals surface area (Å²) in [6.45, 7) is 2.08. The SMILES string of the molecule is CCOC(=O)c1cc(N)cnc1NC. The van der Waals surface area contributed by atoms with Crippen molar-refractivity contribution < 1.29 is 9.53 Å². The van der Waals surface area contributed by atoms with Crippen molar-refractivity contribution in [2.24, 2.45) is 0 Å². The van der Waals surface area contributed by atoms with Crippen LogP contribution in [0.3, 0.4) is 0 Å². The number of anilines is 2. The summed E-state index contributed by atoms with van der Waals surface area (Å²) in [5.74, 6) is 0.0503. The fraction of sp³-hybridized carbons (Fsp3) is 0.333. The van der Waals surface area contributed by atoms with E-state index in [2.05, 4.69) is 10.3 Å². The zero-order chi connectivity index (χ0) is 10.6. The van der Waals surface area contributed by atoms with Crippen LogP contribution < -0.4 is 11.1 Å². The third-order valence-electron chi connectivity index (χ3n) is 1.64. The predicted octanol–water partition coefficient (Wildman–Crippen LogP) is 0.882. The molecule has 1 aromatic heterocycles. The van der Waals surface area contributed by atoms with Gasteiger partial charge in [-0.3, -0.25) is 0 Å². The smallest absolute Gasteiger partial charge is 0.341 e. The second kappa shape index (κ2) is 4.45. The number of aromatic nitrogens is 1. The number of nitrogens with zero attached hydrogens (tertiary/aromatic N) is 1. The summed E-state index contributed by atoms with van der Waals surface area (Å²) < 4.78 is 4.85. The van der Waals surface area contributed by atoms with Gasteiger partial charge in [0.05, 0.1) is 18.5 Å². The highest BCUT2D eigenvalue weighted by Crippen LogP contribution is 2.15. The van der Waals surface area contributed by atoms with Crippen LogP contribution in [0.15, 0.2) is 12.3 Å². The highest BCUT2D eigenvalue weighted by molar-refractivity contribution is 5.95. The van der Waals surface area contributed by atoms with E-state index in [4.69, 9.17) is 10.5 Å². The number of pyridine rings is 1. The molecule has 0 radical (unpaired) electrons. The molecule has 0 bridgehead atoms. The van der Waals surface area contributed by atoms with Gasteiger partial charge in [-0.05, 0) is 13.0 Å². The quantitative estimate of drug-likeness (QED) is 0.700. The molecular formula is C9H13N3O2. The van der Waals surface area contributed by atoms with Crippen LogP contribution in [0.4, 0.5) is 11.5 Å². The fourth-order valence-electron chi connectivity index (χ4n) is 1.04. The van der Waals surface area contributed by atoms with Crippen molar-refractivity contribution in [3.8, 4) is 0 Å². The Morgan fingerprint density at radius 3 is 3.00 bits per heavy atom. The van der Waals surface area contributed by atoms with Crippen molar-refractivity contribution in [2.45, 2.75) is 6.92 Å². The van der Waals surface area contributed by atoms with E-state index in [9.17, 15) is 4.79 Å². The molecule has 14 heavy (non-hydrogen) atoms. The zero-order valence-electron chi connectivity index (χ0n) is 8.20. The van der Waals surface area contributed by atoms with E-state index in [1.807, 2.05) is 0 Å². The van der Waals surface area contributed by atoms with Gasteiger partial charge in [-0.25, -0.2) is 9.78 Å². The Balaban J connectivity index is 3.03. The molecule has 5 heteroatoms. The summed E-state index contributed by atoms with van der Waals surface area (Å²) in [7, 11) is 1.68. The van der Waals surface area contributed by atoms with Gasteiger partial charge in [0.1, 0.15) is 11.4 Å². The number of rotatable bonds is 3. The Kier molecular flexibility index (Phi) is 3.28. The number of carbonyl (C=O) groups excluding carboxylic acids is 1. The highest BCUT2D eigenvalue weighted by Gasteiger charge is 2.12. The van der Waals surface area contributed by atoms with Gasteiger partial charge >= 0.3 is 5.97 Å². The third kappa shape index (κ3) is 2.12. The maximum Gasteiger partial charge on any atom is 0.341 e. The number of nitrogen functional groups attached to an aromatic ring is 1. The lowest BCUT2D eigenvalue weighted by Gasteiger charge is -2.07. The highest BCUT2D eigenvalue weighted by atomic mass is 16.5. The van der Waals surface area contributed by atoms with E-state index in [-0.39, 0.29) is 0 Å². The predicted molar refractivity (Wildman–Crippen MR) is 54.2 cm³/mol. The monoisotopic (exact) mass is 195 g/mol. The van der Waals surface area contributed by atoms with Gasteiger partial charge in [-0.15, -0.1) is 0 Å². The lowest BCUT2D eigenvalue weighted by molar-refractivity contribution is 0.0527. The molecule has 0 saturated heterocycles. The molecule has 0 saturated carbocycles. The Bertz CT molecular complexity index is 339. The van der Waals surface area contributed by atoms with Crippen LogP contribution in [0, 0.1) is 0 Å². The molecule has 1 heterocycles. The first-order chi connectivity index (χ1) is 6.69. The van der Waals surface area contributed by atoms with Gasteiger partial charge in [-0.2, -0.15) is 0 Å². The molecule has 0 aliphatic carbocycles. The number of ether oxygens (including phenoxy) is 1. The average molecular weight is 195 g/mol. The topological polar surface area (TPSA) is 77.2 Å². The summed E-state index contributed by atoms with van der Waals surface area (Å²) >= 11 is 0. The van der Waals surface area contributed by atoms with Crippen LogP contribution in [-0.2, 0) is 4.74 Å². The molecule has 0 aliphatic heterocycles. The number of nitrogens with one attached hydrogen (secondary N) is 1. The Morgan fingerprint density at radius 2 is 2.43 bits per heavy atom. The molecule has 0 atom stereocenters. The molecule has 1 aromatic rings. The summed E-state index contributed by atoms with van der Waals surface area (Å²) in [6, 6.07) is 1.54. The summed E-state index contributed by atoms with van der Waals surface area (Å²) in [4.78, 5) is 15.4. The van der Waals surface area contributed by atoms with Crippen molar-refractivity contribution in [1.29, 1.82) is 0 Å². The van der Waals surface area contributed by atoms with Crippen molar-refractivity contribution in [3.63, 3.8) is 0 Å². The van der Waals surface area contributed by atoms with Gasteiger partial charge in [0, 0.05) is 7.05 Å². The van der Waals surface area contributed by atoms with Crippen LogP contribution in [0.25, 0.3) is 0 Å². The van der Waals surface area contributed by atoms with Crippen molar-refractivity contribution in [3.05, 3.63) is 17.8 Å². The van der Waals surface area contributed by atoms with Crippen LogP contribution in [0.5, 0.6) is 0 Å². The number of carbonyl (C=O) groups is 1. The van der Waals surface area contributed by atoms with E-state index in [1.165, 1.54) is 12.3 Å². The van der Waals surface area contributed by atoms with E-state index >= 15 is 0 Å². The lowest BCUT2D eigenvalue weighted by Crippen LogP contribution is -2.10. The Hall–Kier alpha value is -1.78. The molecule has 0 aliphatic rings. The molecular weight excluding hydrogens is 182 g/mol. The zero-order valence-corrected chi connectivity index (χ0v) is 8.20. The van der Waals surface area contributed by atoms with E-state index in [1.54, 1.807) is 14.0 Å². The summed E-state index contributed by atoms with van der Waals surface area (Å²) in [6.07, 6.45) is 1.48. The van der Waals surface area contributed by atoms with E-state index in [0.717, 1.165) is 0 Å². The number of hydrogen-bond donors (Lipinski definition) is 2. The molecule has 0 amide bonds. The van der Waals surface area contributed by atoms with Gasteiger partial charge in [0.15, 0.2) is 0 Å². The molecule has 0 spiro atoms. The minimum Gasteiger partial charge on any atom is -0.462 e. The van der Waals surface area contributed by atoms with Crippen LogP contribution in [0.2, 0.25) is 0 Å². The minimum atomic E-state index is -0.420. The van der Waals surface area contributed by atoms with Gasteiger partial charge in [0.2, 0.25) is 0 Å². The summed E-state index contributed by atoms with van der Waals surface area (Å²) in [5, 5.41) is 2.79. The fourth-order valence-corrected chi connectivity index (χ4v) is 1.04. The second-order valence-corrected chi connectivity index (χ2v) is 2.64. The molecule has 0 aromatic carbocycles. The van der Waals surface area contributed by atoms with Crippen molar-refractivity contribution in [1.82, 2.24) is 4.98 Å². The first-order valence-electron chi connectivity index (χ1n) is 4.29. The van der Waals surface area contributed by atoms with Crippen LogP contribution >= 0.6 is 0 Å². The lowest BCUT2D eigenvalue weighted by atomic mass is 10.2.